The number of benzene rings is 1. The van der Waals surface area contributed by atoms with Gasteiger partial charge in [-0.2, -0.15) is 0 Å². The summed E-state index contributed by atoms with van der Waals surface area (Å²) in [4.78, 5) is 22.7. The number of halogens is 1. The lowest BCUT2D eigenvalue weighted by atomic mass is 10.1. The van der Waals surface area contributed by atoms with Crippen LogP contribution in [0.3, 0.4) is 0 Å². The Balaban J connectivity index is 2.35. The highest BCUT2D eigenvalue weighted by atomic mass is 79.9. The second kappa shape index (κ2) is 6.83. The highest BCUT2D eigenvalue weighted by Gasteiger charge is 2.23. The third kappa shape index (κ3) is 3.59. The van der Waals surface area contributed by atoms with E-state index in [1.54, 1.807) is 25.3 Å². The summed E-state index contributed by atoms with van der Waals surface area (Å²) in [5.74, 6) is 0.699. The average Bonchev–Trinajstić information content (AvgIpc) is 2.79. The van der Waals surface area contributed by atoms with Crippen LogP contribution >= 0.6 is 15.9 Å². The quantitative estimate of drug-likeness (QED) is 0.618. The predicted octanol–water partition coefficient (Wildman–Crippen LogP) is 2.82. The lowest BCUT2D eigenvalue weighted by Gasteiger charge is -2.17. The zero-order chi connectivity index (χ0) is 16.3. The number of amides is 3. The van der Waals surface area contributed by atoms with Crippen LogP contribution in [-0.2, 0) is 4.79 Å². The van der Waals surface area contributed by atoms with Crippen LogP contribution in [0.5, 0.6) is 11.5 Å². The highest BCUT2D eigenvalue weighted by Crippen LogP contribution is 2.38. The molecule has 6 nitrogen and oxygen atoms in total. The van der Waals surface area contributed by atoms with Gasteiger partial charge in [-0.15, -0.1) is 0 Å². The molecule has 7 heteroatoms. The molecule has 0 spiro atoms. The van der Waals surface area contributed by atoms with Gasteiger partial charge in [-0.25, -0.2) is 4.79 Å². The van der Waals surface area contributed by atoms with Crippen LogP contribution in [0, 0.1) is 0 Å². The van der Waals surface area contributed by atoms with Crippen LogP contribution < -0.4 is 20.1 Å². The van der Waals surface area contributed by atoms with Crippen molar-refractivity contribution < 1.29 is 19.1 Å². The molecule has 1 heterocycles. The number of rotatable bonds is 5. The normalized spacial score (nSPS) is 17.2. The molecular formula is C15H17BrN2O4. The summed E-state index contributed by atoms with van der Waals surface area (Å²) >= 11 is 3.45. The van der Waals surface area contributed by atoms with Crippen molar-refractivity contribution in [2.24, 2.45) is 0 Å². The minimum Gasteiger partial charge on any atom is -0.493 e. The number of imide groups is 1. The minimum absolute atomic E-state index is 0.0503. The van der Waals surface area contributed by atoms with Crippen LogP contribution in [0.2, 0.25) is 0 Å². The van der Waals surface area contributed by atoms with Gasteiger partial charge in [-0.05, 0) is 53.0 Å². The molecule has 1 fully saturated rings. The number of carbonyl (C=O) groups is 2. The molecule has 118 valence electrons. The van der Waals surface area contributed by atoms with Crippen molar-refractivity contribution in [3.8, 4) is 11.5 Å². The SMILES string of the molecule is CCC(C)Oc1c(Br)cc(/C=C2/NC(=O)NC2=O)cc1OC. The second-order valence-corrected chi connectivity index (χ2v) is 5.69. The Bertz CT molecular complexity index is 643. The van der Waals surface area contributed by atoms with Gasteiger partial charge in [0.05, 0.1) is 17.7 Å². The maximum Gasteiger partial charge on any atom is 0.326 e. The number of hydrogen-bond donors (Lipinski definition) is 2. The van der Waals surface area contributed by atoms with E-state index in [0.717, 1.165) is 6.42 Å². The Hall–Kier alpha value is -2.02. The summed E-state index contributed by atoms with van der Waals surface area (Å²) in [6.45, 7) is 4.01. The predicted molar refractivity (Wildman–Crippen MR) is 85.7 cm³/mol. The van der Waals surface area contributed by atoms with Crippen molar-refractivity contribution >= 4 is 33.9 Å². The molecule has 0 radical (unpaired) electrons. The molecular weight excluding hydrogens is 352 g/mol. The maximum absolute atomic E-state index is 11.5. The minimum atomic E-state index is -0.529. The average molecular weight is 369 g/mol. The van der Waals surface area contributed by atoms with Gasteiger partial charge in [-0.3, -0.25) is 10.1 Å². The Morgan fingerprint density at radius 3 is 2.59 bits per heavy atom. The summed E-state index contributed by atoms with van der Waals surface area (Å²) in [7, 11) is 1.55. The fourth-order valence-electron chi connectivity index (χ4n) is 1.87. The molecule has 2 rings (SSSR count). The van der Waals surface area contributed by atoms with Crippen LogP contribution in [0.4, 0.5) is 4.79 Å². The van der Waals surface area contributed by atoms with Crippen molar-refractivity contribution in [2.75, 3.05) is 7.11 Å². The van der Waals surface area contributed by atoms with E-state index in [9.17, 15) is 9.59 Å². The third-order valence-electron chi connectivity index (χ3n) is 3.18. The molecule has 1 aromatic carbocycles. The van der Waals surface area contributed by atoms with Crippen molar-refractivity contribution in [1.82, 2.24) is 10.6 Å². The number of carbonyl (C=O) groups excluding carboxylic acids is 2. The maximum atomic E-state index is 11.5. The van der Waals surface area contributed by atoms with E-state index in [-0.39, 0.29) is 11.8 Å². The molecule has 1 atom stereocenters. The zero-order valence-electron chi connectivity index (χ0n) is 12.5. The monoisotopic (exact) mass is 368 g/mol. The Morgan fingerprint density at radius 2 is 2.05 bits per heavy atom. The fraction of sp³-hybridized carbons (Fsp3) is 0.333. The Morgan fingerprint density at radius 1 is 1.32 bits per heavy atom. The number of ether oxygens (including phenoxy) is 2. The molecule has 0 bridgehead atoms. The molecule has 3 amide bonds. The number of hydrogen-bond acceptors (Lipinski definition) is 4. The Kier molecular flexibility index (Phi) is 5.07. The first kappa shape index (κ1) is 16.4. The molecule has 1 aliphatic heterocycles. The van der Waals surface area contributed by atoms with Crippen molar-refractivity contribution in [3.05, 3.63) is 27.9 Å². The van der Waals surface area contributed by atoms with E-state index >= 15 is 0 Å². The number of nitrogens with one attached hydrogen (secondary N) is 2. The van der Waals surface area contributed by atoms with Gasteiger partial charge >= 0.3 is 6.03 Å². The lowest BCUT2D eigenvalue weighted by molar-refractivity contribution is -0.115. The van der Waals surface area contributed by atoms with Gasteiger partial charge in [0.25, 0.3) is 5.91 Å². The van der Waals surface area contributed by atoms with Crippen LogP contribution in [0.1, 0.15) is 25.8 Å². The summed E-state index contributed by atoms with van der Waals surface area (Å²) in [6, 6.07) is 3.01. The first-order valence-corrected chi connectivity index (χ1v) is 7.62. The van der Waals surface area contributed by atoms with E-state index < -0.39 is 11.9 Å². The zero-order valence-corrected chi connectivity index (χ0v) is 14.1. The summed E-state index contributed by atoms with van der Waals surface area (Å²) < 4.78 is 11.9. The third-order valence-corrected chi connectivity index (χ3v) is 3.77. The van der Waals surface area contributed by atoms with Gasteiger partial charge in [0.1, 0.15) is 5.70 Å². The molecule has 1 saturated heterocycles. The van der Waals surface area contributed by atoms with E-state index in [4.69, 9.17) is 9.47 Å². The van der Waals surface area contributed by atoms with Crippen LogP contribution in [0.25, 0.3) is 6.08 Å². The lowest BCUT2D eigenvalue weighted by Crippen LogP contribution is -2.22. The molecule has 0 saturated carbocycles. The summed E-state index contributed by atoms with van der Waals surface area (Å²) in [5.41, 5.74) is 0.891. The van der Waals surface area contributed by atoms with E-state index in [0.29, 0.717) is 21.5 Å². The smallest absolute Gasteiger partial charge is 0.326 e. The topological polar surface area (TPSA) is 76.7 Å². The second-order valence-electron chi connectivity index (χ2n) is 4.84. The van der Waals surface area contributed by atoms with Gasteiger partial charge < -0.3 is 14.8 Å². The molecule has 2 N–H and O–H groups in total. The molecule has 1 aliphatic rings. The van der Waals surface area contributed by atoms with Gasteiger partial charge in [0, 0.05) is 0 Å². The molecule has 0 aromatic heterocycles. The fourth-order valence-corrected chi connectivity index (χ4v) is 2.42. The van der Waals surface area contributed by atoms with E-state index in [1.807, 2.05) is 13.8 Å². The highest BCUT2D eigenvalue weighted by molar-refractivity contribution is 9.10. The van der Waals surface area contributed by atoms with Gasteiger partial charge in [-0.1, -0.05) is 6.92 Å². The van der Waals surface area contributed by atoms with Gasteiger partial charge in [0.15, 0.2) is 11.5 Å². The van der Waals surface area contributed by atoms with E-state index in [1.165, 1.54) is 0 Å². The Labute approximate surface area is 137 Å². The van der Waals surface area contributed by atoms with Crippen LogP contribution in [0.15, 0.2) is 22.3 Å². The van der Waals surface area contributed by atoms with Crippen molar-refractivity contribution in [1.29, 1.82) is 0 Å². The van der Waals surface area contributed by atoms with Crippen LogP contribution in [-0.4, -0.2) is 25.2 Å². The summed E-state index contributed by atoms with van der Waals surface area (Å²) in [5, 5.41) is 4.59. The molecule has 1 unspecified atom stereocenters. The standard InChI is InChI=1S/C15H17BrN2O4/c1-4-8(2)22-13-10(16)5-9(7-12(13)21-3)6-11-14(19)18-15(20)17-11/h5-8H,4H2,1-3H3,(H2,17,18,19,20)/b11-6+. The first-order chi connectivity index (χ1) is 10.4. The molecule has 1 aromatic rings. The first-order valence-electron chi connectivity index (χ1n) is 6.82. The van der Waals surface area contributed by atoms with Crippen molar-refractivity contribution in [2.45, 2.75) is 26.4 Å². The largest absolute Gasteiger partial charge is 0.493 e. The molecule has 22 heavy (non-hydrogen) atoms. The molecule has 0 aliphatic carbocycles. The number of methoxy groups -OCH3 is 1. The van der Waals surface area contributed by atoms with Gasteiger partial charge in [0.2, 0.25) is 0 Å². The summed E-state index contributed by atoms with van der Waals surface area (Å²) in [6.07, 6.45) is 2.49. The number of urea groups is 1. The van der Waals surface area contributed by atoms with Crippen molar-refractivity contribution in [3.63, 3.8) is 0 Å². The van der Waals surface area contributed by atoms with E-state index in [2.05, 4.69) is 26.6 Å².